The van der Waals surface area contributed by atoms with Crippen molar-refractivity contribution >= 4 is 28.8 Å². The number of carbonyl (C=O) groups excluding carboxylic acids is 1. The largest absolute Gasteiger partial charge is 0.470 e. The third-order valence-corrected chi connectivity index (χ3v) is 3.91. The van der Waals surface area contributed by atoms with Crippen LogP contribution >= 0.6 is 11.6 Å². The topological polar surface area (TPSA) is 81.3 Å². The first-order valence-corrected chi connectivity index (χ1v) is 7.36. The van der Waals surface area contributed by atoms with E-state index >= 15 is 0 Å². The lowest BCUT2D eigenvalue weighted by Gasteiger charge is -2.36. The van der Waals surface area contributed by atoms with Crippen molar-refractivity contribution in [2.75, 3.05) is 13.1 Å². The second-order valence-electron chi connectivity index (χ2n) is 6.05. The van der Waals surface area contributed by atoms with Crippen LogP contribution in [-0.4, -0.2) is 40.5 Å². The number of halogens is 1. The van der Waals surface area contributed by atoms with Gasteiger partial charge in [0, 0.05) is 17.9 Å². The van der Waals surface area contributed by atoms with E-state index in [2.05, 4.69) is 9.97 Å². The molecule has 2 aromatic heterocycles. The predicted molar refractivity (Wildman–Crippen MR) is 83.8 cm³/mol. The van der Waals surface area contributed by atoms with E-state index in [1.165, 1.54) is 0 Å². The number of rotatable bonds is 4. The zero-order chi connectivity index (χ0) is 15.9. The van der Waals surface area contributed by atoms with Crippen LogP contribution in [0.15, 0.2) is 18.5 Å². The summed E-state index contributed by atoms with van der Waals surface area (Å²) in [4.78, 5) is 20.7. The van der Waals surface area contributed by atoms with E-state index in [1.54, 1.807) is 23.4 Å². The smallest absolute Gasteiger partial charge is 0.223 e. The number of ether oxygens (including phenoxy) is 1. The van der Waals surface area contributed by atoms with Crippen LogP contribution in [-0.2, 0) is 10.3 Å². The minimum Gasteiger partial charge on any atom is -0.470 e. The molecular weight excluding hydrogens is 304 g/mol. The van der Waals surface area contributed by atoms with Gasteiger partial charge in [-0.15, -0.1) is 0 Å². The summed E-state index contributed by atoms with van der Waals surface area (Å²) < 4.78 is 5.87. The van der Waals surface area contributed by atoms with E-state index in [-0.39, 0.29) is 6.10 Å². The first-order valence-electron chi connectivity index (χ1n) is 6.98. The van der Waals surface area contributed by atoms with Gasteiger partial charge in [-0.2, -0.15) is 0 Å². The Morgan fingerprint density at radius 2 is 2.09 bits per heavy atom. The highest BCUT2D eigenvalue weighted by atomic mass is 35.5. The molecule has 1 aliphatic rings. The Labute approximate surface area is 133 Å². The van der Waals surface area contributed by atoms with Crippen molar-refractivity contribution in [3.05, 3.63) is 29.2 Å². The van der Waals surface area contributed by atoms with Crippen LogP contribution in [0.1, 0.15) is 19.4 Å². The molecular formula is C15H17ClN4O2. The van der Waals surface area contributed by atoms with E-state index in [0.29, 0.717) is 24.1 Å². The van der Waals surface area contributed by atoms with Gasteiger partial charge < -0.3 is 15.4 Å². The number of likely N-dealkylation sites (tertiary alicyclic amines) is 1. The maximum Gasteiger partial charge on any atom is 0.223 e. The molecule has 2 N–H and O–H groups in total. The number of fused-ring (bicyclic) bond motifs is 1. The molecule has 6 nitrogen and oxygen atoms in total. The highest BCUT2D eigenvalue weighted by Crippen LogP contribution is 2.33. The lowest BCUT2D eigenvalue weighted by molar-refractivity contribution is -0.126. The first-order chi connectivity index (χ1) is 10.4. The predicted octanol–water partition coefficient (Wildman–Crippen LogP) is 1.70. The number of nitrogens with two attached hydrogens (primary N) is 1. The van der Waals surface area contributed by atoms with Crippen molar-refractivity contribution in [2.45, 2.75) is 25.5 Å². The van der Waals surface area contributed by atoms with Crippen molar-refractivity contribution in [1.29, 1.82) is 0 Å². The standard InChI is InChI=1S/C15H17ClN4O2/c1-15(2,17)12-5-19-14(22-9-6-20(7-9)8-21)11-4-18-13(16)3-10(11)12/h3-5,8-9H,6-7,17H2,1-2H3. The fraction of sp³-hybridized carbons (Fsp3) is 0.400. The van der Waals surface area contributed by atoms with Crippen molar-refractivity contribution in [3.8, 4) is 5.88 Å². The number of nitrogens with zero attached hydrogens (tertiary/aromatic N) is 3. The number of hydrogen-bond donors (Lipinski definition) is 1. The Balaban J connectivity index is 2.00. The van der Waals surface area contributed by atoms with Crippen LogP contribution in [0.25, 0.3) is 10.8 Å². The molecule has 1 fully saturated rings. The highest BCUT2D eigenvalue weighted by molar-refractivity contribution is 6.30. The zero-order valence-corrected chi connectivity index (χ0v) is 13.2. The molecule has 7 heteroatoms. The maximum atomic E-state index is 10.6. The fourth-order valence-electron chi connectivity index (χ4n) is 2.48. The van der Waals surface area contributed by atoms with Gasteiger partial charge in [-0.1, -0.05) is 11.6 Å². The molecule has 0 spiro atoms. The fourth-order valence-corrected chi connectivity index (χ4v) is 2.64. The lowest BCUT2D eigenvalue weighted by atomic mass is 9.93. The van der Waals surface area contributed by atoms with E-state index < -0.39 is 5.54 Å². The summed E-state index contributed by atoms with van der Waals surface area (Å²) in [6.45, 7) is 4.95. The summed E-state index contributed by atoms with van der Waals surface area (Å²) in [5, 5.41) is 2.04. The Bertz CT molecular complexity index is 723. The summed E-state index contributed by atoms with van der Waals surface area (Å²) in [6, 6.07) is 1.77. The molecule has 22 heavy (non-hydrogen) atoms. The zero-order valence-electron chi connectivity index (χ0n) is 12.4. The van der Waals surface area contributed by atoms with Gasteiger partial charge in [-0.3, -0.25) is 4.79 Å². The minimum atomic E-state index is -0.556. The van der Waals surface area contributed by atoms with E-state index in [9.17, 15) is 4.79 Å². The third-order valence-electron chi connectivity index (χ3n) is 3.70. The number of carbonyl (C=O) groups is 1. The van der Waals surface area contributed by atoms with Crippen LogP contribution in [0, 0.1) is 0 Å². The molecule has 3 rings (SSSR count). The number of hydrogen-bond acceptors (Lipinski definition) is 5. The van der Waals surface area contributed by atoms with Gasteiger partial charge in [-0.25, -0.2) is 9.97 Å². The average Bonchev–Trinajstić information content (AvgIpc) is 2.40. The third kappa shape index (κ3) is 2.71. The van der Waals surface area contributed by atoms with Gasteiger partial charge in [0.1, 0.15) is 11.3 Å². The first kappa shape index (κ1) is 15.0. The second-order valence-corrected chi connectivity index (χ2v) is 6.44. The van der Waals surface area contributed by atoms with Crippen LogP contribution in [0.5, 0.6) is 5.88 Å². The molecule has 3 heterocycles. The van der Waals surface area contributed by atoms with Gasteiger partial charge in [-0.05, 0) is 30.9 Å². The Morgan fingerprint density at radius 1 is 1.36 bits per heavy atom. The normalized spacial score (nSPS) is 15.7. The molecule has 0 saturated carbocycles. The van der Waals surface area contributed by atoms with Crippen molar-refractivity contribution in [3.63, 3.8) is 0 Å². The molecule has 2 aromatic rings. The molecule has 0 atom stereocenters. The molecule has 116 valence electrons. The van der Waals surface area contributed by atoms with Gasteiger partial charge in [0.05, 0.1) is 18.5 Å². The average molecular weight is 321 g/mol. The summed E-state index contributed by atoms with van der Waals surface area (Å²) in [5.41, 5.74) is 6.53. The molecule has 0 bridgehead atoms. The summed E-state index contributed by atoms with van der Waals surface area (Å²) in [7, 11) is 0. The van der Waals surface area contributed by atoms with Gasteiger partial charge >= 0.3 is 0 Å². The summed E-state index contributed by atoms with van der Waals surface area (Å²) in [6.07, 6.45) is 4.12. The molecule has 0 unspecified atom stereocenters. The molecule has 0 aliphatic carbocycles. The second kappa shape index (κ2) is 5.37. The summed E-state index contributed by atoms with van der Waals surface area (Å²) >= 11 is 6.02. The SMILES string of the molecule is CC(C)(N)c1cnc(OC2CN(C=O)C2)c2cnc(Cl)cc12. The Kier molecular flexibility index (Phi) is 3.66. The van der Waals surface area contributed by atoms with Crippen molar-refractivity contribution in [1.82, 2.24) is 14.9 Å². The van der Waals surface area contributed by atoms with Crippen LogP contribution < -0.4 is 10.5 Å². The van der Waals surface area contributed by atoms with E-state index in [0.717, 1.165) is 22.7 Å². The van der Waals surface area contributed by atoms with Gasteiger partial charge in [0.25, 0.3) is 0 Å². The lowest BCUT2D eigenvalue weighted by Crippen LogP contribution is -2.52. The van der Waals surface area contributed by atoms with Gasteiger partial charge in [0.15, 0.2) is 0 Å². The number of aromatic nitrogens is 2. The highest BCUT2D eigenvalue weighted by Gasteiger charge is 2.29. The van der Waals surface area contributed by atoms with E-state index in [4.69, 9.17) is 22.1 Å². The van der Waals surface area contributed by atoms with Gasteiger partial charge in [0.2, 0.25) is 12.3 Å². The number of pyridine rings is 2. The Morgan fingerprint density at radius 3 is 2.73 bits per heavy atom. The van der Waals surface area contributed by atoms with Crippen LogP contribution in [0.4, 0.5) is 0 Å². The maximum absolute atomic E-state index is 10.6. The molecule has 0 aromatic carbocycles. The van der Waals surface area contributed by atoms with E-state index in [1.807, 2.05) is 13.8 Å². The quantitative estimate of drug-likeness (QED) is 0.685. The molecule has 1 amide bonds. The van der Waals surface area contributed by atoms with Crippen LogP contribution in [0.3, 0.4) is 0 Å². The Hall–Kier alpha value is -1.92. The summed E-state index contributed by atoms with van der Waals surface area (Å²) in [5.74, 6) is 0.489. The minimum absolute atomic E-state index is 0.0479. The molecule has 1 aliphatic heterocycles. The molecule has 1 saturated heterocycles. The van der Waals surface area contributed by atoms with Crippen molar-refractivity contribution < 1.29 is 9.53 Å². The number of amides is 1. The van der Waals surface area contributed by atoms with Crippen LogP contribution in [0.2, 0.25) is 5.15 Å². The molecule has 0 radical (unpaired) electrons. The van der Waals surface area contributed by atoms with Crippen molar-refractivity contribution in [2.24, 2.45) is 5.73 Å². The monoisotopic (exact) mass is 320 g/mol.